The predicted octanol–water partition coefficient (Wildman–Crippen LogP) is 3.25. The van der Waals surface area contributed by atoms with Crippen LogP contribution < -0.4 is 15.6 Å². The number of amides is 2. The summed E-state index contributed by atoms with van der Waals surface area (Å²) >= 11 is 5.64. The van der Waals surface area contributed by atoms with Crippen LogP contribution in [0.3, 0.4) is 0 Å². The van der Waals surface area contributed by atoms with Crippen LogP contribution >= 0.6 is 11.6 Å². The Morgan fingerprint density at radius 1 is 1.12 bits per heavy atom. The lowest BCUT2D eigenvalue weighted by Crippen LogP contribution is -2.46. The van der Waals surface area contributed by atoms with E-state index >= 15 is 0 Å². The van der Waals surface area contributed by atoms with E-state index in [-0.39, 0.29) is 10.8 Å². The number of hydrogen-bond acceptors (Lipinski definition) is 3. The van der Waals surface area contributed by atoms with E-state index in [2.05, 4.69) is 10.9 Å². The molecule has 0 saturated heterocycles. The second kappa shape index (κ2) is 8.96. The summed E-state index contributed by atoms with van der Waals surface area (Å²) < 4.78 is 31.7. The fraction of sp³-hybridized carbons (Fsp3) is 0.111. The molecule has 136 valence electrons. The van der Waals surface area contributed by atoms with E-state index in [9.17, 15) is 18.4 Å². The molecule has 2 aromatic carbocycles. The van der Waals surface area contributed by atoms with Gasteiger partial charge in [-0.15, -0.1) is 0 Å². The molecule has 0 bridgehead atoms. The highest BCUT2D eigenvalue weighted by molar-refractivity contribution is 6.30. The van der Waals surface area contributed by atoms with Crippen LogP contribution in [-0.2, 0) is 9.59 Å². The van der Waals surface area contributed by atoms with Crippen molar-refractivity contribution in [2.45, 2.75) is 13.0 Å². The topological polar surface area (TPSA) is 67.4 Å². The normalized spacial score (nSPS) is 11.8. The Labute approximate surface area is 153 Å². The third-order valence-electron chi connectivity index (χ3n) is 3.19. The maximum absolute atomic E-state index is 13.5. The molecule has 0 unspecified atom stereocenters. The van der Waals surface area contributed by atoms with Crippen molar-refractivity contribution in [3.8, 4) is 5.75 Å². The minimum atomic E-state index is -1.04. The molecule has 0 heterocycles. The summed E-state index contributed by atoms with van der Waals surface area (Å²) in [6, 6.07) is 9.61. The zero-order valence-corrected chi connectivity index (χ0v) is 14.4. The number of hydrogen-bond donors (Lipinski definition) is 2. The lowest BCUT2D eigenvalue weighted by molar-refractivity contribution is -0.131. The Balaban J connectivity index is 1.84. The molecule has 0 saturated carbocycles. The minimum absolute atomic E-state index is 0.0695. The second-order valence-electron chi connectivity index (χ2n) is 5.18. The number of carbonyl (C=O) groups is 2. The highest BCUT2D eigenvalue weighted by Gasteiger charge is 2.16. The minimum Gasteiger partial charge on any atom is -0.478 e. The number of rotatable bonds is 5. The summed E-state index contributed by atoms with van der Waals surface area (Å²) in [4.78, 5) is 23.6. The predicted molar refractivity (Wildman–Crippen MR) is 93.2 cm³/mol. The van der Waals surface area contributed by atoms with Gasteiger partial charge in [0.05, 0.1) is 5.02 Å². The van der Waals surface area contributed by atoms with E-state index in [4.69, 9.17) is 16.3 Å². The van der Waals surface area contributed by atoms with Gasteiger partial charge in [-0.25, -0.2) is 8.78 Å². The number of hydrazine groups is 1. The monoisotopic (exact) mass is 380 g/mol. The van der Waals surface area contributed by atoms with Gasteiger partial charge in [0.1, 0.15) is 5.82 Å². The molecule has 1 atom stereocenters. The van der Waals surface area contributed by atoms with Crippen molar-refractivity contribution in [1.82, 2.24) is 10.9 Å². The molecule has 2 aromatic rings. The fourth-order valence-corrected chi connectivity index (χ4v) is 2.03. The summed E-state index contributed by atoms with van der Waals surface area (Å²) in [5.74, 6) is -2.53. The van der Waals surface area contributed by atoms with Crippen LogP contribution in [0.4, 0.5) is 8.78 Å². The summed E-state index contributed by atoms with van der Waals surface area (Å²) in [5, 5.41) is -0.0695. The van der Waals surface area contributed by atoms with Crippen molar-refractivity contribution >= 4 is 29.5 Å². The van der Waals surface area contributed by atoms with Gasteiger partial charge >= 0.3 is 0 Å². The highest BCUT2D eigenvalue weighted by atomic mass is 35.5. The highest BCUT2D eigenvalue weighted by Crippen LogP contribution is 2.17. The van der Waals surface area contributed by atoms with Gasteiger partial charge in [0, 0.05) is 6.08 Å². The molecule has 26 heavy (non-hydrogen) atoms. The van der Waals surface area contributed by atoms with Gasteiger partial charge in [0.15, 0.2) is 17.7 Å². The van der Waals surface area contributed by atoms with Crippen molar-refractivity contribution in [2.24, 2.45) is 0 Å². The Morgan fingerprint density at radius 2 is 1.85 bits per heavy atom. The van der Waals surface area contributed by atoms with Crippen LogP contribution in [-0.4, -0.2) is 17.9 Å². The Hall–Kier alpha value is -2.93. The number of nitrogens with one attached hydrogen (secondary N) is 2. The van der Waals surface area contributed by atoms with Crippen LogP contribution in [0.1, 0.15) is 12.5 Å². The summed E-state index contributed by atoms with van der Waals surface area (Å²) in [5.41, 5.74) is 4.82. The van der Waals surface area contributed by atoms with E-state index in [1.807, 2.05) is 0 Å². The van der Waals surface area contributed by atoms with Crippen molar-refractivity contribution < 1.29 is 23.1 Å². The fourth-order valence-electron chi connectivity index (χ4n) is 1.84. The van der Waals surface area contributed by atoms with Crippen LogP contribution in [0.5, 0.6) is 5.75 Å². The largest absolute Gasteiger partial charge is 0.478 e. The van der Waals surface area contributed by atoms with Gasteiger partial charge < -0.3 is 4.74 Å². The third-order valence-corrected chi connectivity index (χ3v) is 3.48. The molecule has 0 aliphatic rings. The van der Waals surface area contributed by atoms with E-state index in [0.29, 0.717) is 5.56 Å². The van der Waals surface area contributed by atoms with Gasteiger partial charge in [-0.1, -0.05) is 29.8 Å². The molecule has 0 aromatic heterocycles. The molecule has 0 fully saturated rings. The molecular formula is C18H15ClF2N2O3. The third kappa shape index (κ3) is 5.56. The molecule has 0 aliphatic heterocycles. The zero-order chi connectivity index (χ0) is 19.1. The summed E-state index contributed by atoms with van der Waals surface area (Å²) in [7, 11) is 0. The lowest BCUT2D eigenvalue weighted by Gasteiger charge is -2.15. The first-order valence-electron chi connectivity index (χ1n) is 7.51. The quantitative estimate of drug-likeness (QED) is 0.618. The number of ether oxygens (including phenoxy) is 1. The Morgan fingerprint density at radius 3 is 2.54 bits per heavy atom. The van der Waals surface area contributed by atoms with Crippen molar-refractivity contribution in [2.75, 3.05) is 0 Å². The van der Waals surface area contributed by atoms with E-state index in [0.717, 1.165) is 6.08 Å². The molecule has 0 radical (unpaired) electrons. The van der Waals surface area contributed by atoms with Crippen molar-refractivity contribution in [3.63, 3.8) is 0 Å². The maximum Gasteiger partial charge on any atom is 0.279 e. The Bertz CT molecular complexity index is 843. The van der Waals surface area contributed by atoms with Crippen LogP contribution in [0, 0.1) is 11.6 Å². The van der Waals surface area contributed by atoms with Crippen LogP contribution in [0.2, 0.25) is 5.02 Å². The molecule has 2 amide bonds. The first-order chi connectivity index (χ1) is 12.4. The molecule has 2 N–H and O–H groups in total. The average Bonchev–Trinajstić information content (AvgIpc) is 2.62. The van der Waals surface area contributed by atoms with Crippen LogP contribution in [0.15, 0.2) is 48.5 Å². The Kier molecular flexibility index (Phi) is 6.68. The molecular weight excluding hydrogens is 366 g/mol. The molecule has 2 rings (SSSR count). The smallest absolute Gasteiger partial charge is 0.279 e. The number of halogens is 3. The molecule has 8 heteroatoms. The SMILES string of the molecule is C[C@H](Oc1ccccc1F)C(=O)NNC(=O)/C=C/c1ccc(F)c(Cl)c1. The van der Waals surface area contributed by atoms with E-state index in [1.54, 1.807) is 6.07 Å². The zero-order valence-electron chi connectivity index (χ0n) is 13.6. The van der Waals surface area contributed by atoms with Crippen molar-refractivity contribution in [1.29, 1.82) is 0 Å². The van der Waals surface area contributed by atoms with E-state index < -0.39 is 29.6 Å². The average molecular weight is 381 g/mol. The van der Waals surface area contributed by atoms with E-state index in [1.165, 1.54) is 49.4 Å². The van der Waals surface area contributed by atoms with Crippen LogP contribution in [0.25, 0.3) is 6.08 Å². The first-order valence-corrected chi connectivity index (χ1v) is 7.89. The maximum atomic E-state index is 13.5. The van der Waals surface area contributed by atoms with Crippen molar-refractivity contribution in [3.05, 3.63) is 70.8 Å². The standard InChI is InChI=1S/C18H15ClF2N2O3/c1-11(26-16-5-3-2-4-15(16)21)18(25)23-22-17(24)9-7-12-6-8-14(20)13(19)10-12/h2-11H,1H3,(H,22,24)(H,23,25)/b9-7+/t11-/m0/s1. The summed E-state index contributed by atoms with van der Waals surface area (Å²) in [6.45, 7) is 1.41. The lowest BCUT2D eigenvalue weighted by atomic mass is 10.2. The first kappa shape index (κ1) is 19.4. The van der Waals surface area contributed by atoms with Gasteiger partial charge in [0.25, 0.3) is 11.8 Å². The van der Waals surface area contributed by atoms with Gasteiger partial charge in [-0.3, -0.25) is 20.4 Å². The van der Waals surface area contributed by atoms with Gasteiger partial charge in [-0.05, 0) is 42.8 Å². The number of para-hydroxylation sites is 1. The summed E-state index contributed by atoms with van der Waals surface area (Å²) in [6.07, 6.45) is 1.49. The number of benzene rings is 2. The second-order valence-corrected chi connectivity index (χ2v) is 5.58. The van der Waals surface area contributed by atoms with Gasteiger partial charge in [-0.2, -0.15) is 0 Å². The molecule has 0 aliphatic carbocycles. The van der Waals surface area contributed by atoms with Gasteiger partial charge in [0.2, 0.25) is 0 Å². The number of carbonyl (C=O) groups excluding carboxylic acids is 2. The molecule has 0 spiro atoms. The molecule has 5 nitrogen and oxygen atoms in total.